The third-order valence-electron chi connectivity index (χ3n) is 2.58. The van der Waals surface area contributed by atoms with E-state index in [2.05, 4.69) is 0 Å². The first-order valence-electron chi connectivity index (χ1n) is 5.16. The zero-order valence-corrected chi connectivity index (χ0v) is 10.00. The zero-order valence-electron chi connectivity index (χ0n) is 9.18. The van der Waals surface area contributed by atoms with Crippen LogP contribution in [0, 0.1) is 0 Å². The quantitative estimate of drug-likeness (QED) is 0.750. The maximum atomic E-state index is 11.7. The molecule has 1 heterocycles. The normalized spacial score (nSPS) is 26.4. The fourth-order valence-electron chi connectivity index (χ4n) is 1.55. The van der Waals surface area contributed by atoms with Crippen LogP contribution in [0.1, 0.15) is 20.3 Å². The molecule has 0 spiro atoms. The maximum Gasteiger partial charge on any atom is 0.320 e. The van der Waals surface area contributed by atoms with E-state index in [9.17, 15) is 9.00 Å². The number of hydrogen-bond acceptors (Lipinski definition) is 3. The van der Waals surface area contributed by atoms with E-state index in [1.807, 2.05) is 11.2 Å². The first kappa shape index (κ1) is 12.6. The van der Waals surface area contributed by atoms with Crippen molar-refractivity contribution in [2.45, 2.75) is 26.3 Å². The molecule has 88 valence electrons. The molecule has 15 heavy (non-hydrogen) atoms. The molecule has 6 heteroatoms. The van der Waals surface area contributed by atoms with Crippen molar-refractivity contribution < 1.29 is 14.1 Å². The van der Waals surface area contributed by atoms with E-state index in [4.69, 9.17) is 5.11 Å². The van der Waals surface area contributed by atoms with Crippen LogP contribution >= 0.6 is 0 Å². The molecule has 1 fully saturated rings. The van der Waals surface area contributed by atoms with Gasteiger partial charge in [-0.15, -0.1) is 0 Å². The lowest BCUT2D eigenvalue weighted by Crippen LogP contribution is -2.51. The van der Waals surface area contributed by atoms with Gasteiger partial charge in [0.1, 0.15) is 17.0 Å². The van der Waals surface area contributed by atoms with Crippen LogP contribution in [0.4, 0.5) is 0 Å². The molecule has 0 amide bonds. The van der Waals surface area contributed by atoms with Crippen molar-refractivity contribution >= 4 is 17.0 Å². The van der Waals surface area contributed by atoms with Gasteiger partial charge in [-0.25, -0.2) is 8.51 Å². The minimum atomic E-state index is -1.05. The molecule has 1 rings (SSSR count). The van der Waals surface area contributed by atoms with Crippen molar-refractivity contribution in [3.8, 4) is 0 Å². The van der Waals surface area contributed by atoms with Crippen molar-refractivity contribution in [1.29, 1.82) is 0 Å². The lowest BCUT2D eigenvalue weighted by atomic mass is 10.3. The topological polar surface area (TPSA) is 60.9 Å². The standard InChI is InChI=1S/C9H18N2O3S/c1-3-4-11-6-5-10(7-15(11)14)8(2)9(12)13/h8H,3-7H2,1-2H3,(H,12,13). The van der Waals surface area contributed by atoms with E-state index in [-0.39, 0.29) is 0 Å². The van der Waals surface area contributed by atoms with Crippen molar-refractivity contribution in [3.63, 3.8) is 0 Å². The highest BCUT2D eigenvalue weighted by molar-refractivity contribution is 7.82. The molecule has 0 aromatic heterocycles. The summed E-state index contributed by atoms with van der Waals surface area (Å²) >= 11 is 0. The fraction of sp³-hybridized carbons (Fsp3) is 0.889. The van der Waals surface area contributed by atoms with Crippen LogP contribution < -0.4 is 0 Å². The Hall–Kier alpha value is -0.460. The van der Waals surface area contributed by atoms with Crippen LogP contribution in [0.15, 0.2) is 0 Å². The number of carboxylic acids is 1. The van der Waals surface area contributed by atoms with Crippen LogP contribution in [-0.4, -0.2) is 56.0 Å². The van der Waals surface area contributed by atoms with E-state index in [1.54, 1.807) is 11.8 Å². The highest BCUT2D eigenvalue weighted by Crippen LogP contribution is 2.11. The number of rotatable bonds is 4. The number of carbonyl (C=O) groups is 1. The summed E-state index contributed by atoms with van der Waals surface area (Å²) in [6.45, 7) is 5.87. The molecule has 1 N–H and O–H groups in total. The summed E-state index contributed by atoms with van der Waals surface area (Å²) in [4.78, 5) is 12.5. The van der Waals surface area contributed by atoms with Crippen molar-refractivity contribution in [2.75, 3.05) is 25.5 Å². The summed E-state index contributed by atoms with van der Waals surface area (Å²) in [5.41, 5.74) is 0. The molecule has 0 aromatic carbocycles. The van der Waals surface area contributed by atoms with E-state index >= 15 is 0 Å². The summed E-state index contributed by atoms with van der Waals surface area (Å²) in [6, 6.07) is -0.544. The summed E-state index contributed by atoms with van der Waals surface area (Å²) in [5.74, 6) is -0.510. The molecule has 1 aliphatic rings. The monoisotopic (exact) mass is 234 g/mol. The van der Waals surface area contributed by atoms with Crippen LogP contribution in [0.2, 0.25) is 0 Å². The Morgan fingerprint density at radius 3 is 2.67 bits per heavy atom. The second kappa shape index (κ2) is 5.58. The Balaban J connectivity index is 2.50. The lowest BCUT2D eigenvalue weighted by molar-refractivity contribution is -0.142. The molecule has 0 bridgehead atoms. The third kappa shape index (κ3) is 3.25. The van der Waals surface area contributed by atoms with E-state index < -0.39 is 23.0 Å². The minimum absolute atomic E-state index is 0.341. The van der Waals surface area contributed by atoms with Gasteiger partial charge < -0.3 is 5.11 Å². The Labute approximate surface area is 92.6 Å². The number of aliphatic carboxylic acids is 1. The van der Waals surface area contributed by atoms with E-state index in [1.165, 1.54) is 0 Å². The molecule has 0 saturated carbocycles. The number of carboxylic acid groups (broad SMARTS) is 1. The Kier molecular flexibility index (Phi) is 4.69. The molecule has 0 aliphatic carbocycles. The Bertz CT molecular complexity index is 260. The van der Waals surface area contributed by atoms with Crippen molar-refractivity contribution in [2.24, 2.45) is 0 Å². The summed E-state index contributed by atoms with van der Waals surface area (Å²) < 4.78 is 13.6. The Morgan fingerprint density at radius 2 is 2.20 bits per heavy atom. The summed E-state index contributed by atoms with van der Waals surface area (Å²) in [6.07, 6.45) is 0.972. The predicted molar refractivity (Wildman–Crippen MR) is 58.7 cm³/mol. The minimum Gasteiger partial charge on any atom is -0.480 e. The SMILES string of the molecule is CCCN1CCN(C(C)C(=O)O)CS1=O. The van der Waals surface area contributed by atoms with Gasteiger partial charge in [-0.05, 0) is 13.3 Å². The van der Waals surface area contributed by atoms with Crippen molar-refractivity contribution in [1.82, 2.24) is 9.21 Å². The second-order valence-electron chi connectivity index (χ2n) is 3.71. The second-order valence-corrected chi connectivity index (χ2v) is 5.12. The molecule has 2 unspecified atom stereocenters. The average Bonchev–Trinajstić information content (AvgIpc) is 2.20. The molecule has 5 nitrogen and oxygen atoms in total. The van der Waals surface area contributed by atoms with Crippen LogP contribution in [-0.2, 0) is 15.8 Å². The van der Waals surface area contributed by atoms with Crippen LogP contribution in [0.5, 0.6) is 0 Å². The first-order chi connectivity index (χ1) is 7.06. The van der Waals surface area contributed by atoms with Crippen LogP contribution in [0.25, 0.3) is 0 Å². The first-order valence-corrected chi connectivity index (χ1v) is 6.44. The molecule has 1 aliphatic heterocycles. The molecule has 0 radical (unpaired) electrons. The maximum absolute atomic E-state index is 11.7. The van der Waals surface area contributed by atoms with E-state index in [0.717, 1.165) is 13.0 Å². The largest absolute Gasteiger partial charge is 0.480 e. The molecular weight excluding hydrogens is 216 g/mol. The smallest absolute Gasteiger partial charge is 0.320 e. The van der Waals surface area contributed by atoms with Crippen molar-refractivity contribution in [3.05, 3.63) is 0 Å². The zero-order chi connectivity index (χ0) is 11.4. The number of nitrogens with zero attached hydrogens (tertiary/aromatic N) is 2. The molecular formula is C9H18N2O3S. The average molecular weight is 234 g/mol. The van der Waals surface area contributed by atoms with Gasteiger partial charge in [-0.3, -0.25) is 9.69 Å². The Morgan fingerprint density at radius 1 is 1.53 bits per heavy atom. The van der Waals surface area contributed by atoms with Crippen LogP contribution in [0.3, 0.4) is 0 Å². The van der Waals surface area contributed by atoms with Gasteiger partial charge in [0.05, 0.1) is 5.88 Å². The molecule has 2 atom stereocenters. The van der Waals surface area contributed by atoms with Gasteiger partial charge in [0.25, 0.3) is 0 Å². The molecule has 1 saturated heterocycles. The number of hydrogen-bond donors (Lipinski definition) is 1. The molecule has 0 aromatic rings. The summed E-state index contributed by atoms with van der Waals surface area (Å²) in [5, 5.41) is 8.84. The third-order valence-corrected chi connectivity index (χ3v) is 4.07. The highest BCUT2D eigenvalue weighted by atomic mass is 32.2. The summed E-state index contributed by atoms with van der Waals surface area (Å²) in [7, 11) is -1.05. The van der Waals surface area contributed by atoms with E-state index in [0.29, 0.717) is 19.0 Å². The van der Waals surface area contributed by atoms with Gasteiger partial charge in [0.2, 0.25) is 0 Å². The van der Waals surface area contributed by atoms with Gasteiger partial charge in [0.15, 0.2) is 0 Å². The lowest BCUT2D eigenvalue weighted by Gasteiger charge is -2.35. The van der Waals surface area contributed by atoms with Gasteiger partial charge in [-0.2, -0.15) is 0 Å². The highest BCUT2D eigenvalue weighted by Gasteiger charge is 2.28. The van der Waals surface area contributed by atoms with Gasteiger partial charge in [0, 0.05) is 19.6 Å². The van der Waals surface area contributed by atoms with Gasteiger partial charge >= 0.3 is 5.97 Å². The van der Waals surface area contributed by atoms with Gasteiger partial charge in [-0.1, -0.05) is 6.92 Å². The predicted octanol–water partition coefficient (Wildman–Crippen LogP) is 0.108. The fourth-order valence-corrected chi connectivity index (χ4v) is 3.03.